The molecule has 0 fully saturated rings. The van der Waals surface area contributed by atoms with Gasteiger partial charge in [0.05, 0.1) is 19.4 Å². The maximum absolute atomic E-state index is 3.97. The zero-order valence-electron chi connectivity index (χ0n) is 13.5. The molecule has 0 aliphatic carbocycles. The zero-order chi connectivity index (χ0) is 13.9. The average molecular weight is 291 g/mol. The highest BCUT2D eigenvalue weighted by Gasteiger charge is 2.28. The molecule has 5 heteroatoms. The van der Waals surface area contributed by atoms with Gasteiger partial charge in [-0.2, -0.15) is 0 Å². The first-order valence-electron chi connectivity index (χ1n) is 6.78. The molecule has 0 amide bonds. The standard InChI is InChI=1S/C12H34N2Si3/c1-10(2,3)15-13-17(12(7,8)9)14-16-11(4,5)6/h13-14,17H,15-16H2,1-9H3. The summed E-state index contributed by atoms with van der Waals surface area (Å²) in [5, 5.41) is 1.47. The van der Waals surface area contributed by atoms with Gasteiger partial charge < -0.3 is 9.30 Å². The van der Waals surface area contributed by atoms with Gasteiger partial charge in [0.15, 0.2) is 9.12 Å². The highest BCUT2D eigenvalue weighted by Crippen LogP contribution is 2.26. The molecular weight excluding hydrogens is 256 g/mol. The predicted octanol–water partition coefficient (Wildman–Crippen LogP) is 1.79. The molecule has 0 radical (unpaired) electrons. The van der Waals surface area contributed by atoms with Crippen LogP contribution >= 0.6 is 0 Å². The molecule has 0 saturated carbocycles. The van der Waals surface area contributed by atoms with E-state index in [0.29, 0.717) is 15.1 Å². The Morgan fingerprint density at radius 1 is 0.647 bits per heavy atom. The van der Waals surface area contributed by atoms with E-state index >= 15 is 0 Å². The van der Waals surface area contributed by atoms with Gasteiger partial charge in [-0.15, -0.1) is 0 Å². The monoisotopic (exact) mass is 290 g/mol. The lowest BCUT2D eigenvalue weighted by Crippen LogP contribution is -2.58. The Morgan fingerprint density at radius 2 is 0.941 bits per heavy atom. The fourth-order valence-corrected chi connectivity index (χ4v) is 14.8. The Morgan fingerprint density at radius 3 is 1.12 bits per heavy atom. The Bertz CT molecular complexity index is 205. The predicted molar refractivity (Wildman–Crippen MR) is 89.7 cm³/mol. The van der Waals surface area contributed by atoms with Crippen LogP contribution in [0, 0.1) is 0 Å². The van der Waals surface area contributed by atoms with Gasteiger partial charge in [-0.25, -0.2) is 0 Å². The summed E-state index contributed by atoms with van der Waals surface area (Å²) in [7, 11) is -1.34. The molecule has 0 heterocycles. The van der Waals surface area contributed by atoms with E-state index in [4.69, 9.17) is 0 Å². The molecule has 0 aliphatic rings. The van der Waals surface area contributed by atoms with Crippen LogP contribution < -0.4 is 9.30 Å². The molecule has 2 N–H and O–H groups in total. The number of rotatable bonds is 4. The molecule has 2 nitrogen and oxygen atoms in total. The molecule has 0 atom stereocenters. The van der Waals surface area contributed by atoms with Crippen molar-refractivity contribution in [3.05, 3.63) is 0 Å². The van der Waals surface area contributed by atoms with E-state index in [-0.39, 0.29) is 19.4 Å². The van der Waals surface area contributed by atoms with E-state index in [1.807, 2.05) is 0 Å². The largest absolute Gasteiger partial charge is 0.354 e. The Labute approximate surface area is 115 Å². The molecule has 0 spiro atoms. The van der Waals surface area contributed by atoms with Crippen molar-refractivity contribution in [3.63, 3.8) is 0 Å². The van der Waals surface area contributed by atoms with Crippen LogP contribution in [-0.2, 0) is 0 Å². The summed E-state index contributed by atoms with van der Waals surface area (Å²) < 4.78 is 7.95. The molecule has 0 aromatic rings. The maximum atomic E-state index is 3.97. The van der Waals surface area contributed by atoms with Crippen molar-refractivity contribution in [2.24, 2.45) is 0 Å². The van der Waals surface area contributed by atoms with E-state index in [2.05, 4.69) is 71.6 Å². The van der Waals surface area contributed by atoms with Gasteiger partial charge in [-0.3, -0.25) is 0 Å². The highest BCUT2D eigenvalue weighted by atomic mass is 28.4. The third-order valence-electron chi connectivity index (χ3n) is 2.54. The Hall–Kier alpha value is 0.571. The summed E-state index contributed by atoms with van der Waals surface area (Å²) in [5.41, 5.74) is 0. The van der Waals surface area contributed by atoms with Crippen molar-refractivity contribution in [2.45, 2.75) is 77.4 Å². The second-order valence-electron chi connectivity index (χ2n) is 8.68. The highest BCUT2D eigenvalue weighted by molar-refractivity contribution is 6.72. The van der Waals surface area contributed by atoms with Crippen LogP contribution in [-0.4, -0.2) is 28.5 Å². The van der Waals surface area contributed by atoms with Crippen LogP contribution in [0.5, 0.6) is 0 Å². The van der Waals surface area contributed by atoms with Crippen LogP contribution in [0.1, 0.15) is 62.3 Å². The van der Waals surface area contributed by atoms with Crippen LogP contribution in [0.15, 0.2) is 0 Å². The summed E-state index contributed by atoms with van der Waals surface area (Å²) in [4.78, 5) is 0. The Kier molecular flexibility index (Phi) is 6.35. The molecule has 104 valence electrons. The van der Waals surface area contributed by atoms with Crippen LogP contribution in [0.4, 0.5) is 0 Å². The van der Waals surface area contributed by atoms with Gasteiger partial charge in [0.25, 0.3) is 0 Å². The molecule has 0 bridgehead atoms. The number of hydrogen-bond donors (Lipinski definition) is 2. The first-order chi connectivity index (χ1) is 7.31. The normalized spacial score (nSPS) is 17.5. The summed E-state index contributed by atoms with van der Waals surface area (Å²) in [5.74, 6) is 0. The Balaban J connectivity index is 4.37. The van der Waals surface area contributed by atoms with Gasteiger partial charge >= 0.3 is 0 Å². The lowest BCUT2D eigenvalue weighted by Gasteiger charge is -2.35. The van der Waals surface area contributed by atoms with Crippen molar-refractivity contribution in [3.8, 4) is 0 Å². The second-order valence-corrected chi connectivity index (χ2v) is 19.5. The van der Waals surface area contributed by atoms with Crippen molar-refractivity contribution in [1.82, 2.24) is 9.30 Å². The minimum absolute atomic E-state index is 0.170. The van der Waals surface area contributed by atoms with Crippen molar-refractivity contribution >= 4 is 28.5 Å². The van der Waals surface area contributed by atoms with Gasteiger partial charge in [0.2, 0.25) is 0 Å². The summed E-state index contributed by atoms with van der Waals surface area (Å²) in [6.45, 7) is 21.3. The molecule has 0 rings (SSSR count). The van der Waals surface area contributed by atoms with Crippen LogP contribution in [0.25, 0.3) is 0 Å². The number of hydrogen-bond acceptors (Lipinski definition) is 2. The summed E-state index contributed by atoms with van der Waals surface area (Å²) in [6, 6.07) is 0. The molecule has 0 unspecified atom stereocenters. The second kappa shape index (κ2) is 6.14. The molecule has 17 heavy (non-hydrogen) atoms. The summed E-state index contributed by atoms with van der Waals surface area (Å²) >= 11 is 0. The minimum Gasteiger partial charge on any atom is -0.354 e. The fourth-order valence-electron chi connectivity index (χ4n) is 1.50. The zero-order valence-corrected chi connectivity index (χ0v) is 17.5. The van der Waals surface area contributed by atoms with E-state index < -0.39 is 9.12 Å². The third kappa shape index (κ3) is 10.2. The van der Waals surface area contributed by atoms with Crippen molar-refractivity contribution in [1.29, 1.82) is 0 Å². The van der Waals surface area contributed by atoms with Gasteiger partial charge in [-0.05, 0) is 15.1 Å². The van der Waals surface area contributed by atoms with Crippen molar-refractivity contribution < 1.29 is 0 Å². The quantitative estimate of drug-likeness (QED) is 0.772. The van der Waals surface area contributed by atoms with Gasteiger partial charge in [-0.1, -0.05) is 62.3 Å². The van der Waals surface area contributed by atoms with Crippen LogP contribution in [0.2, 0.25) is 15.1 Å². The molecule has 0 saturated heterocycles. The molecule has 0 aromatic carbocycles. The SMILES string of the molecule is CC(C)(C)[SiH2]N[SiH](N[SiH2]C(C)(C)C)C(C)(C)C. The van der Waals surface area contributed by atoms with Crippen LogP contribution in [0.3, 0.4) is 0 Å². The fraction of sp³-hybridized carbons (Fsp3) is 1.00. The van der Waals surface area contributed by atoms with E-state index in [9.17, 15) is 0 Å². The van der Waals surface area contributed by atoms with E-state index in [1.165, 1.54) is 0 Å². The van der Waals surface area contributed by atoms with Gasteiger partial charge in [0, 0.05) is 0 Å². The lowest BCUT2D eigenvalue weighted by molar-refractivity contribution is 0.700. The summed E-state index contributed by atoms with van der Waals surface area (Å²) in [6.07, 6.45) is 0. The molecular formula is C12H34N2Si3. The minimum atomic E-state index is -0.998. The van der Waals surface area contributed by atoms with Gasteiger partial charge in [0.1, 0.15) is 0 Å². The first-order valence-corrected chi connectivity index (χ1v) is 11.3. The molecule has 0 aromatic heterocycles. The topological polar surface area (TPSA) is 24.1 Å². The van der Waals surface area contributed by atoms with E-state index in [0.717, 1.165) is 0 Å². The lowest BCUT2D eigenvalue weighted by atomic mass is 10.3. The number of nitrogens with one attached hydrogen (secondary N) is 2. The smallest absolute Gasteiger partial charge is 0.176 e. The third-order valence-corrected chi connectivity index (χ3v) is 11.3. The molecule has 0 aliphatic heterocycles. The first kappa shape index (κ1) is 17.6. The van der Waals surface area contributed by atoms with Crippen molar-refractivity contribution in [2.75, 3.05) is 0 Å². The maximum Gasteiger partial charge on any atom is 0.176 e. The average Bonchev–Trinajstić information content (AvgIpc) is 1.96. The van der Waals surface area contributed by atoms with E-state index in [1.54, 1.807) is 0 Å².